The highest BCUT2D eigenvalue weighted by atomic mass is 35.5. The summed E-state index contributed by atoms with van der Waals surface area (Å²) in [7, 11) is 3.19. The van der Waals surface area contributed by atoms with Gasteiger partial charge >= 0.3 is 0 Å². The van der Waals surface area contributed by atoms with Crippen molar-refractivity contribution in [2.24, 2.45) is 11.3 Å². The van der Waals surface area contributed by atoms with E-state index in [-0.39, 0.29) is 5.38 Å². The summed E-state index contributed by atoms with van der Waals surface area (Å²) >= 11 is 12.9. The van der Waals surface area contributed by atoms with Gasteiger partial charge in [0, 0.05) is 5.56 Å². The van der Waals surface area contributed by atoms with Crippen LogP contribution >= 0.6 is 23.2 Å². The number of benzene rings is 1. The Morgan fingerprint density at radius 2 is 1.76 bits per heavy atom. The van der Waals surface area contributed by atoms with Crippen LogP contribution in [0.4, 0.5) is 0 Å². The van der Waals surface area contributed by atoms with E-state index in [4.69, 9.17) is 32.7 Å². The van der Waals surface area contributed by atoms with Gasteiger partial charge in [0.2, 0.25) is 0 Å². The molecule has 2 unspecified atom stereocenters. The molecule has 0 amide bonds. The Hall–Kier alpha value is -0.600. The standard InChI is InChI=1S/C17H26Cl2O2/c1-11(10-17(2,3)4)9-13(18)12-7-8-14(20-5)15(19)16(12)21-6/h7-8,11,13H,9-10H2,1-6H3. The molecule has 0 spiro atoms. The molecule has 0 heterocycles. The first-order valence-corrected chi connectivity index (χ1v) is 8.05. The lowest BCUT2D eigenvalue weighted by Crippen LogP contribution is -2.12. The number of alkyl halides is 1. The molecular weight excluding hydrogens is 307 g/mol. The van der Waals surface area contributed by atoms with Gasteiger partial charge in [-0.1, -0.05) is 45.4 Å². The second kappa shape index (κ2) is 7.60. The van der Waals surface area contributed by atoms with Crippen LogP contribution in [-0.4, -0.2) is 14.2 Å². The van der Waals surface area contributed by atoms with Crippen LogP contribution in [0.2, 0.25) is 5.02 Å². The van der Waals surface area contributed by atoms with Gasteiger partial charge in [0.15, 0.2) is 0 Å². The molecule has 21 heavy (non-hydrogen) atoms. The zero-order valence-corrected chi connectivity index (χ0v) is 15.3. The number of hydrogen-bond donors (Lipinski definition) is 0. The highest BCUT2D eigenvalue weighted by molar-refractivity contribution is 6.34. The van der Waals surface area contributed by atoms with Crippen LogP contribution in [0, 0.1) is 11.3 Å². The van der Waals surface area contributed by atoms with Crippen molar-refractivity contribution < 1.29 is 9.47 Å². The topological polar surface area (TPSA) is 18.5 Å². The Morgan fingerprint density at radius 1 is 1.14 bits per heavy atom. The van der Waals surface area contributed by atoms with E-state index in [1.54, 1.807) is 14.2 Å². The van der Waals surface area contributed by atoms with Gasteiger partial charge < -0.3 is 9.47 Å². The van der Waals surface area contributed by atoms with Crippen molar-refractivity contribution >= 4 is 23.2 Å². The number of methoxy groups -OCH3 is 2. The maximum Gasteiger partial charge on any atom is 0.145 e. The first kappa shape index (κ1) is 18.4. The van der Waals surface area contributed by atoms with Gasteiger partial charge in [0.1, 0.15) is 16.5 Å². The minimum Gasteiger partial charge on any atom is -0.495 e. The van der Waals surface area contributed by atoms with E-state index in [0.717, 1.165) is 18.4 Å². The molecule has 2 atom stereocenters. The van der Waals surface area contributed by atoms with E-state index < -0.39 is 0 Å². The predicted octanol–water partition coefficient (Wildman–Crippen LogP) is 6.10. The van der Waals surface area contributed by atoms with E-state index in [0.29, 0.717) is 27.9 Å². The maximum absolute atomic E-state index is 6.60. The molecule has 0 aliphatic carbocycles. The van der Waals surface area contributed by atoms with Crippen molar-refractivity contribution in [3.63, 3.8) is 0 Å². The summed E-state index contributed by atoms with van der Waals surface area (Å²) in [6, 6.07) is 3.77. The molecule has 120 valence electrons. The van der Waals surface area contributed by atoms with E-state index in [1.165, 1.54) is 0 Å². The smallest absolute Gasteiger partial charge is 0.145 e. The Bertz CT molecular complexity index is 467. The fraction of sp³-hybridized carbons (Fsp3) is 0.647. The molecular formula is C17H26Cl2O2. The minimum atomic E-state index is -0.124. The van der Waals surface area contributed by atoms with Gasteiger partial charge in [-0.3, -0.25) is 0 Å². The van der Waals surface area contributed by atoms with Crippen LogP contribution < -0.4 is 9.47 Å². The van der Waals surface area contributed by atoms with Gasteiger partial charge in [0.05, 0.1) is 19.6 Å². The quantitative estimate of drug-likeness (QED) is 0.586. The van der Waals surface area contributed by atoms with Crippen LogP contribution in [0.3, 0.4) is 0 Å². The first-order valence-electron chi connectivity index (χ1n) is 7.24. The molecule has 1 rings (SSSR count). The summed E-state index contributed by atoms with van der Waals surface area (Å²) in [5.74, 6) is 1.74. The summed E-state index contributed by atoms with van der Waals surface area (Å²) in [5, 5.41) is 0.354. The lowest BCUT2D eigenvalue weighted by molar-refractivity contribution is 0.294. The molecule has 0 fully saturated rings. The van der Waals surface area contributed by atoms with Crippen LogP contribution in [0.1, 0.15) is 51.5 Å². The number of rotatable bonds is 6. The summed E-state index contributed by atoms with van der Waals surface area (Å²) in [4.78, 5) is 0. The molecule has 4 heteroatoms. The fourth-order valence-electron chi connectivity index (χ4n) is 2.77. The normalized spacial score (nSPS) is 14.7. The lowest BCUT2D eigenvalue weighted by atomic mass is 9.83. The molecule has 0 aromatic heterocycles. The van der Waals surface area contributed by atoms with Crippen LogP contribution in [0.15, 0.2) is 12.1 Å². The van der Waals surface area contributed by atoms with Gasteiger partial charge in [-0.05, 0) is 30.2 Å². The summed E-state index contributed by atoms with van der Waals surface area (Å²) < 4.78 is 10.6. The fourth-order valence-corrected chi connectivity index (χ4v) is 3.58. The van der Waals surface area contributed by atoms with Crippen molar-refractivity contribution in [2.45, 2.75) is 45.9 Å². The van der Waals surface area contributed by atoms with Crippen LogP contribution in [-0.2, 0) is 0 Å². The Morgan fingerprint density at radius 3 is 2.24 bits per heavy atom. The van der Waals surface area contributed by atoms with E-state index in [9.17, 15) is 0 Å². The molecule has 2 nitrogen and oxygen atoms in total. The second-order valence-electron chi connectivity index (χ2n) is 6.78. The van der Waals surface area contributed by atoms with Gasteiger partial charge in [0.25, 0.3) is 0 Å². The van der Waals surface area contributed by atoms with Gasteiger partial charge in [-0.25, -0.2) is 0 Å². The molecule has 1 aromatic carbocycles. The Kier molecular flexibility index (Phi) is 6.68. The van der Waals surface area contributed by atoms with Crippen LogP contribution in [0.25, 0.3) is 0 Å². The monoisotopic (exact) mass is 332 g/mol. The summed E-state index contributed by atoms with van der Waals surface area (Å²) in [6.45, 7) is 8.98. The Balaban J connectivity index is 2.92. The molecule has 0 aliphatic rings. The average Bonchev–Trinajstić information content (AvgIpc) is 2.35. The van der Waals surface area contributed by atoms with E-state index in [1.807, 2.05) is 12.1 Å². The molecule has 1 aromatic rings. The third kappa shape index (κ3) is 5.27. The summed E-state index contributed by atoms with van der Waals surface area (Å²) in [6.07, 6.45) is 2.01. The van der Waals surface area contributed by atoms with Gasteiger partial charge in [-0.15, -0.1) is 11.6 Å². The third-order valence-electron chi connectivity index (χ3n) is 3.42. The maximum atomic E-state index is 6.60. The predicted molar refractivity (Wildman–Crippen MR) is 91.0 cm³/mol. The summed E-state index contributed by atoms with van der Waals surface area (Å²) in [5.41, 5.74) is 1.23. The first-order chi connectivity index (χ1) is 9.69. The lowest BCUT2D eigenvalue weighted by Gasteiger charge is -2.25. The molecule has 0 bridgehead atoms. The number of ether oxygens (including phenoxy) is 2. The van der Waals surface area contributed by atoms with Crippen molar-refractivity contribution in [3.8, 4) is 11.5 Å². The second-order valence-corrected chi connectivity index (χ2v) is 7.68. The average molecular weight is 333 g/mol. The molecule has 0 saturated carbocycles. The highest BCUT2D eigenvalue weighted by Crippen LogP contribution is 2.43. The molecule has 0 N–H and O–H groups in total. The van der Waals surface area contributed by atoms with E-state index >= 15 is 0 Å². The SMILES string of the molecule is COc1ccc(C(Cl)CC(C)CC(C)(C)C)c(OC)c1Cl. The molecule has 0 aliphatic heterocycles. The van der Waals surface area contributed by atoms with Crippen molar-refractivity contribution in [1.29, 1.82) is 0 Å². The van der Waals surface area contributed by atoms with E-state index in [2.05, 4.69) is 27.7 Å². The number of halogens is 2. The zero-order valence-electron chi connectivity index (χ0n) is 13.8. The van der Waals surface area contributed by atoms with Crippen molar-refractivity contribution in [2.75, 3.05) is 14.2 Å². The van der Waals surface area contributed by atoms with Crippen molar-refractivity contribution in [1.82, 2.24) is 0 Å². The third-order valence-corrected chi connectivity index (χ3v) is 4.19. The van der Waals surface area contributed by atoms with Gasteiger partial charge in [-0.2, -0.15) is 0 Å². The minimum absolute atomic E-state index is 0.124. The Labute approximate surface area is 138 Å². The molecule has 0 radical (unpaired) electrons. The largest absolute Gasteiger partial charge is 0.495 e. The zero-order chi connectivity index (χ0) is 16.2. The number of hydrogen-bond acceptors (Lipinski definition) is 2. The molecule has 0 saturated heterocycles. The highest BCUT2D eigenvalue weighted by Gasteiger charge is 2.23. The van der Waals surface area contributed by atoms with Crippen molar-refractivity contribution in [3.05, 3.63) is 22.7 Å². The van der Waals surface area contributed by atoms with Crippen LogP contribution in [0.5, 0.6) is 11.5 Å².